The minimum absolute atomic E-state index is 0.0351. The Morgan fingerprint density at radius 3 is 3.00 bits per heavy atom. The number of aromatic nitrogens is 1. The Balaban J connectivity index is 1.78. The van der Waals surface area contributed by atoms with Gasteiger partial charge in [-0.1, -0.05) is 26.3 Å². The van der Waals surface area contributed by atoms with Crippen molar-refractivity contribution in [2.45, 2.75) is 51.8 Å². The number of pyridine rings is 1. The van der Waals surface area contributed by atoms with Gasteiger partial charge in [-0.15, -0.1) is 0 Å². The van der Waals surface area contributed by atoms with Crippen LogP contribution in [-0.2, 0) is 16.1 Å². The molecule has 0 unspecified atom stereocenters. The van der Waals surface area contributed by atoms with Gasteiger partial charge in [-0.05, 0) is 36.9 Å². The summed E-state index contributed by atoms with van der Waals surface area (Å²) in [6.07, 6.45) is 6.75. The second-order valence-corrected chi connectivity index (χ2v) is 6.24. The standard InChI is InChI=1S/C17H27N3O2/c1-13(2)16(12-22-11-14-6-5-8-18-10-14)20-17(21)15-7-3-4-9-19-15/h5-6,8,10,13,15-16,19H,3-4,7,9,11-12H2,1-2H3,(H,20,21)/t15-,16+/m0/s1. The second-order valence-electron chi connectivity index (χ2n) is 6.24. The third kappa shape index (κ3) is 5.39. The summed E-state index contributed by atoms with van der Waals surface area (Å²) in [6.45, 7) is 6.18. The molecule has 1 saturated heterocycles. The highest BCUT2D eigenvalue weighted by atomic mass is 16.5. The largest absolute Gasteiger partial charge is 0.375 e. The summed E-state index contributed by atoms with van der Waals surface area (Å²) >= 11 is 0. The molecule has 1 aromatic rings. The molecule has 1 amide bonds. The molecule has 1 aliphatic rings. The Hall–Kier alpha value is -1.46. The molecule has 122 valence electrons. The highest BCUT2D eigenvalue weighted by Gasteiger charge is 2.24. The normalized spacial score (nSPS) is 19.9. The molecule has 2 N–H and O–H groups in total. The van der Waals surface area contributed by atoms with E-state index in [1.165, 1.54) is 0 Å². The van der Waals surface area contributed by atoms with Crippen molar-refractivity contribution in [3.63, 3.8) is 0 Å². The lowest BCUT2D eigenvalue weighted by Crippen LogP contribution is -2.52. The van der Waals surface area contributed by atoms with Crippen molar-refractivity contribution in [3.8, 4) is 0 Å². The van der Waals surface area contributed by atoms with E-state index in [4.69, 9.17) is 4.74 Å². The van der Waals surface area contributed by atoms with Crippen LogP contribution in [0, 0.1) is 5.92 Å². The van der Waals surface area contributed by atoms with E-state index >= 15 is 0 Å². The Bertz CT molecular complexity index is 444. The van der Waals surface area contributed by atoms with Crippen LogP contribution < -0.4 is 10.6 Å². The molecule has 0 bridgehead atoms. The van der Waals surface area contributed by atoms with Gasteiger partial charge < -0.3 is 15.4 Å². The van der Waals surface area contributed by atoms with Crippen LogP contribution in [0.15, 0.2) is 24.5 Å². The van der Waals surface area contributed by atoms with E-state index in [0.717, 1.165) is 31.4 Å². The zero-order valence-electron chi connectivity index (χ0n) is 13.5. The molecule has 2 heterocycles. The first-order valence-corrected chi connectivity index (χ1v) is 8.17. The maximum absolute atomic E-state index is 12.3. The SMILES string of the molecule is CC(C)[C@@H](COCc1cccnc1)NC(=O)[C@@H]1CCCCN1. The summed E-state index contributed by atoms with van der Waals surface area (Å²) in [4.78, 5) is 16.4. The first-order valence-electron chi connectivity index (χ1n) is 8.17. The van der Waals surface area contributed by atoms with E-state index in [1.807, 2.05) is 12.1 Å². The summed E-state index contributed by atoms with van der Waals surface area (Å²) in [5.41, 5.74) is 1.05. The number of hydrogen-bond donors (Lipinski definition) is 2. The summed E-state index contributed by atoms with van der Waals surface area (Å²) in [6, 6.07) is 3.87. The van der Waals surface area contributed by atoms with Gasteiger partial charge >= 0.3 is 0 Å². The first kappa shape index (κ1) is 16.9. The van der Waals surface area contributed by atoms with Crippen LogP contribution in [0.5, 0.6) is 0 Å². The predicted molar refractivity (Wildman–Crippen MR) is 86.3 cm³/mol. The lowest BCUT2D eigenvalue weighted by molar-refractivity contribution is -0.125. The topological polar surface area (TPSA) is 63.2 Å². The van der Waals surface area contributed by atoms with Crippen molar-refractivity contribution >= 4 is 5.91 Å². The number of amides is 1. The molecular formula is C17H27N3O2. The molecule has 0 saturated carbocycles. The average molecular weight is 305 g/mol. The molecule has 22 heavy (non-hydrogen) atoms. The summed E-state index contributed by atoms with van der Waals surface area (Å²) in [5.74, 6) is 0.435. The van der Waals surface area contributed by atoms with Crippen LogP contribution in [0.4, 0.5) is 0 Å². The maximum Gasteiger partial charge on any atom is 0.237 e. The second kappa shape index (κ2) is 8.86. The van der Waals surface area contributed by atoms with Crippen molar-refractivity contribution in [2.75, 3.05) is 13.2 Å². The lowest BCUT2D eigenvalue weighted by Gasteiger charge is -2.27. The number of carbonyl (C=O) groups is 1. The number of nitrogens with zero attached hydrogens (tertiary/aromatic N) is 1. The third-order valence-electron chi connectivity index (χ3n) is 4.05. The van der Waals surface area contributed by atoms with E-state index in [1.54, 1.807) is 12.4 Å². The molecular weight excluding hydrogens is 278 g/mol. The van der Waals surface area contributed by atoms with Gasteiger partial charge in [-0.25, -0.2) is 0 Å². The highest BCUT2D eigenvalue weighted by Crippen LogP contribution is 2.09. The molecule has 0 spiro atoms. The number of hydrogen-bond acceptors (Lipinski definition) is 4. The van der Waals surface area contributed by atoms with Gasteiger partial charge in [-0.2, -0.15) is 0 Å². The van der Waals surface area contributed by atoms with Gasteiger partial charge in [-0.3, -0.25) is 9.78 Å². The van der Waals surface area contributed by atoms with Crippen LogP contribution in [0.1, 0.15) is 38.7 Å². The lowest BCUT2D eigenvalue weighted by atomic mass is 10.0. The third-order valence-corrected chi connectivity index (χ3v) is 4.05. The maximum atomic E-state index is 12.3. The molecule has 0 radical (unpaired) electrons. The monoisotopic (exact) mass is 305 g/mol. The fraction of sp³-hybridized carbons (Fsp3) is 0.647. The zero-order valence-corrected chi connectivity index (χ0v) is 13.5. The average Bonchev–Trinajstić information content (AvgIpc) is 2.55. The minimum atomic E-state index is -0.0478. The van der Waals surface area contributed by atoms with Gasteiger partial charge in [0.1, 0.15) is 0 Å². The van der Waals surface area contributed by atoms with Gasteiger partial charge in [0.2, 0.25) is 5.91 Å². The van der Waals surface area contributed by atoms with Crippen LogP contribution in [0.3, 0.4) is 0 Å². The van der Waals surface area contributed by atoms with Crippen LogP contribution in [-0.4, -0.2) is 36.1 Å². The minimum Gasteiger partial charge on any atom is -0.375 e. The van der Waals surface area contributed by atoms with Gasteiger partial charge in [0, 0.05) is 12.4 Å². The van der Waals surface area contributed by atoms with Crippen LogP contribution in [0.25, 0.3) is 0 Å². The van der Waals surface area contributed by atoms with Crippen molar-refractivity contribution in [1.29, 1.82) is 0 Å². The van der Waals surface area contributed by atoms with Gasteiger partial charge in [0.15, 0.2) is 0 Å². The zero-order chi connectivity index (χ0) is 15.8. The number of rotatable bonds is 7. The fourth-order valence-corrected chi connectivity index (χ4v) is 2.55. The molecule has 2 atom stereocenters. The summed E-state index contributed by atoms with van der Waals surface area (Å²) < 4.78 is 5.76. The van der Waals surface area contributed by atoms with E-state index in [0.29, 0.717) is 19.1 Å². The van der Waals surface area contributed by atoms with Crippen LogP contribution in [0.2, 0.25) is 0 Å². The molecule has 5 nitrogen and oxygen atoms in total. The van der Waals surface area contributed by atoms with E-state index in [2.05, 4.69) is 29.5 Å². The molecule has 5 heteroatoms. The molecule has 0 aromatic carbocycles. The fourth-order valence-electron chi connectivity index (χ4n) is 2.55. The number of carbonyl (C=O) groups excluding carboxylic acids is 1. The number of piperidine rings is 1. The van der Waals surface area contributed by atoms with E-state index in [-0.39, 0.29) is 18.0 Å². The summed E-state index contributed by atoms with van der Waals surface area (Å²) in [5, 5.41) is 6.41. The van der Waals surface area contributed by atoms with Gasteiger partial charge in [0.05, 0.1) is 25.3 Å². The number of ether oxygens (including phenoxy) is 1. The quantitative estimate of drug-likeness (QED) is 0.807. The Kier molecular flexibility index (Phi) is 6.80. The van der Waals surface area contributed by atoms with Crippen LogP contribution >= 0.6 is 0 Å². The Morgan fingerprint density at radius 1 is 1.50 bits per heavy atom. The van der Waals surface area contributed by atoms with Crippen molar-refractivity contribution in [3.05, 3.63) is 30.1 Å². The van der Waals surface area contributed by atoms with Crippen molar-refractivity contribution in [2.24, 2.45) is 5.92 Å². The van der Waals surface area contributed by atoms with E-state index in [9.17, 15) is 4.79 Å². The Labute approximate surface area is 132 Å². The highest BCUT2D eigenvalue weighted by molar-refractivity contribution is 5.82. The predicted octanol–water partition coefficient (Wildman–Crippen LogP) is 1.88. The van der Waals surface area contributed by atoms with Crippen molar-refractivity contribution in [1.82, 2.24) is 15.6 Å². The van der Waals surface area contributed by atoms with E-state index < -0.39 is 0 Å². The smallest absolute Gasteiger partial charge is 0.237 e. The summed E-state index contributed by atoms with van der Waals surface area (Å²) in [7, 11) is 0. The first-order chi connectivity index (χ1) is 10.7. The molecule has 2 rings (SSSR count). The molecule has 1 aromatic heterocycles. The Morgan fingerprint density at radius 2 is 2.36 bits per heavy atom. The van der Waals surface area contributed by atoms with Crippen molar-refractivity contribution < 1.29 is 9.53 Å². The van der Waals surface area contributed by atoms with Gasteiger partial charge in [0.25, 0.3) is 0 Å². The number of nitrogens with one attached hydrogen (secondary N) is 2. The molecule has 0 aliphatic carbocycles. The molecule has 1 fully saturated rings. The molecule has 1 aliphatic heterocycles.